The van der Waals surface area contributed by atoms with Crippen molar-refractivity contribution in [2.24, 2.45) is 0 Å². The first kappa shape index (κ1) is 25.5. The molecule has 2 aromatic carbocycles. The van der Waals surface area contributed by atoms with Crippen LogP contribution in [0.3, 0.4) is 0 Å². The maximum atomic E-state index is 12.2. The summed E-state index contributed by atoms with van der Waals surface area (Å²) >= 11 is 0. The number of likely N-dealkylation sites (tertiary alicyclic amines) is 1. The Labute approximate surface area is 205 Å². The average Bonchev–Trinajstić information content (AvgIpc) is 3.19. The largest absolute Gasteiger partial charge is 0.492 e. The number of hydrogen-bond donors (Lipinski definition) is 1. The van der Waals surface area contributed by atoms with Gasteiger partial charge in [-0.05, 0) is 44.1 Å². The smallest absolute Gasteiger partial charge is 0.491 e. The Morgan fingerprint density at radius 3 is 2.47 bits per heavy atom. The predicted molar refractivity (Wildman–Crippen MR) is 122 cm³/mol. The molecule has 0 atom stereocenters. The third-order valence-electron chi connectivity index (χ3n) is 6.34. The number of ether oxygens (including phenoxy) is 3. The highest BCUT2D eigenvalue weighted by molar-refractivity contribution is 5.91. The Morgan fingerprint density at radius 1 is 1.06 bits per heavy atom. The summed E-state index contributed by atoms with van der Waals surface area (Å²) in [5, 5.41) is 2.75. The van der Waals surface area contributed by atoms with Gasteiger partial charge < -0.3 is 24.4 Å². The first-order chi connectivity index (χ1) is 17.1. The third kappa shape index (κ3) is 6.14. The standard InChI is InChI=1S/C25H25F3N2O6/c26-25(27,28)23(33)36-22(32)8-11-30-12-9-24(10-13-30)16-35-20-14-18(6-7-19(20)24)34-15-21(31)29-17-4-2-1-3-5-17/h1-7,14H,8-13,15-16H2,(H,29,31). The van der Waals surface area contributed by atoms with Gasteiger partial charge in [0.1, 0.15) is 11.5 Å². The number of halogens is 3. The van der Waals surface area contributed by atoms with Crippen LogP contribution in [0.1, 0.15) is 24.8 Å². The lowest BCUT2D eigenvalue weighted by Crippen LogP contribution is -2.44. The van der Waals surface area contributed by atoms with Crippen LogP contribution < -0.4 is 14.8 Å². The van der Waals surface area contributed by atoms with Gasteiger partial charge in [-0.15, -0.1) is 0 Å². The summed E-state index contributed by atoms with van der Waals surface area (Å²) in [4.78, 5) is 36.4. The van der Waals surface area contributed by atoms with E-state index in [1.807, 2.05) is 29.2 Å². The number of alkyl halides is 3. The summed E-state index contributed by atoms with van der Waals surface area (Å²) in [5.74, 6) is -2.77. The highest BCUT2D eigenvalue weighted by Crippen LogP contribution is 2.46. The monoisotopic (exact) mass is 506 g/mol. The first-order valence-corrected chi connectivity index (χ1v) is 11.4. The molecular formula is C25H25F3N2O6. The zero-order valence-corrected chi connectivity index (χ0v) is 19.3. The molecule has 0 aliphatic carbocycles. The van der Waals surface area contributed by atoms with E-state index in [0.717, 1.165) is 18.4 Å². The van der Waals surface area contributed by atoms with E-state index >= 15 is 0 Å². The summed E-state index contributed by atoms with van der Waals surface area (Å²) in [5.41, 5.74) is 1.52. The molecule has 1 saturated heterocycles. The molecule has 2 aromatic rings. The molecule has 2 heterocycles. The van der Waals surface area contributed by atoms with Crippen LogP contribution >= 0.6 is 0 Å². The van der Waals surface area contributed by atoms with Gasteiger partial charge in [-0.3, -0.25) is 9.59 Å². The summed E-state index contributed by atoms with van der Waals surface area (Å²) in [6.07, 6.45) is -4.03. The van der Waals surface area contributed by atoms with Gasteiger partial charge in [0.25, 0.3) is 5.91 Å². The topological polar surface area (TPSA) is 94.2 Å². The van der Waals surface area contributed by atoms with Gasteiger partial charge in [-0.25, -0.2) is 4.79 Å². The zero-order valence-electron chi connectivity index (χ0n) is 19.3. The number of anilines is 1. The quantitative estimate of drug-likeness (QED) is 0.454. The zero-order chi connectivity index (χ0) is 25.8. The van der Waals surface area contributed by atoms with Gasteiger partial charge in [0, 0.05) is 29.3 Å². The van der Waals surface area contributed by atoms with Crippen molar-refractivity contribution in [3.8, 4) is 11.5 Å². The maximum absolute atomic E-state index is 12.2. The van der Waals surface area contributed by atoms with Crippen molar-refractivity contribution < 1.29 is 41.8 Å². The molecule has 192 valence electrons. The summed E-state index contributed by atoms with van der Waals surface area (Å²) in [6.45, 7) is 1.76. The average molecular weight is 506 g/mol. The second-order valence-electron chi connectivity index (χ2n) is 8.78. The van der Waals surface area contributed by atoms with Gasteiger partial charge in [0.2, 0.25) is 0 Å². The molecule has 1 fully saturated rings. The molecule has 4 rings (SSSR count). The number of carbonyl (C=O) groups is 3. The van der Waals surface area contributed by atoms with Crippen LogP contribution in [0.4, 0.5) is 18.9 Å². The fraction of sp³-hybridized carbons (Fsp3) is 0.400. The molecule has 0 unspecified atom stereocenters. The molecule has 0 aromatic heterocycles. The van der Waals surface area contributed by atoms with Crippen LogP contribution in [0.5, 0.6) is 11.5 Å². The number of nitrogens with one attached hydrogen (secondary N) is 1. The van der Waals surface area contributed by atoms with E-state index in [2.05, 4.69) is 10.1 Å². The number of para-hydroxylation sites is 1. The first-order valence-electron chi connectivity index (χ1n) is 11.4. The maximum Gasteiger partial charge on any atom is 0.491 e. The molecule has 0 radical (unpaired) electrons. The van der Waals surface area contributed by atoms with Crippen LogP contribution in [0, 0.1) is 0 Å². The Bertz CT molecular complexity index is 1110. The highest BCUT2D eigenvalue weighted by atomic mass is 19.4. The van der Waals surface area contributed by atoms with E-state index < -0.39 is 18.1 Å². The van der Waals surface area contributed by atoms with E-state index in [4.69, 9.17) is 9.47 Å². The number of benzene rings is 2. The van der Waals surface area contributed by atoms with Crippen LogP contribution in [-0.2, 0) is 24.5 Å². The van der Waals surface area contributed by atoms with Crippen molar-refractivity contribution in [2.45, 2.75) is 30.9 Å². The number of esters is 2. The SMILES string of the molecule is O=C(COc1ccc2c(c1)OCC21CCN(CCC(=O)OC(=O)C(F)(F)F)CC1)Nc1ccccc1. The molecule has 2 aliphatic heterocycles. The van der Waals surface area contributed by atoms with Gasteiger partial charge in [0.15, 0.2) is 6.61 Å². The normalized spacial score (nSPS) is 16.6. The van der Waals surface area contributed by atoms with Gasteiger partial charge in [-0.2, -0.15) is 13.2 Å². The van der Waals surface area contributed by atoms with Crippen molar-refractivity contribution in [3.63, 3.8) is 0 Å². The number of hydrogen-bond acceptors (Lipinski definition) is 7. The third-order valence-corrected chi connectivity index (χ3v) is 6.34. The van der Waals surface area contributed by atoms with Crippen LogP contribution in [-0.4, -0.2) is 61.8 Å². The molecule has 8 nitrogen and oxygen atoms in total. The number of nitrogens with zero attached hydrogens (tertiary/aromatic N) is 1. The van der Waals surface area contributed by atoms with Gasteiger partial charge >= 0.3 is 18.1 Å². The van der Waals surface area contributed by atoms with Crippen molar-refractivity contribution in [1.82, 2.24) is 4.90 Å². The minimum absolute atomic E-state index is 0.148. The van der Waals surface area contributed by atoms with Crippen molar-refractivity contribution >= 4 is 23.5 Å². The number of piperidine rings is 1. The molecule has 1 N–H and O–H groups in total. The minimum atomic E-state index is -5.19. The van der Waals surface area contributed by atoms with Crippen molar-refractivity contribution in [1.29, 1.82) is 0 Å². The lowest BCUT2D eigenvalue weighted by molar-refractivity contribution is -0.201. The molecule has 1 spiro atoms. The molecule has 1 amide bonds. The van der Waals surface area contributed by atoms with E-state index in [1.54, 1.807) is 24.3 Å². The second-order valence-corrected chi connectivity index (χ2v) is 8.78. The summed E-state index contributed by atoms with van der Waals surface area (Å²) in [7, 11) is 0. The fourth-order valence-corrected chi connectivity index (χ4v) is 4.39. The molecule has 36 heavy (non-hydrogen) atoms. The highest BCUT2D eigenvalue weighted by Gasteiger charge is 2.44. The lowest BCUT2D eigenvalue weighted by atomic mass is 9.74. The lowest BCUT2D eigenvalue weighted by Gasteiger charge is -2.38. The van der Waals surface area contributed by atoms with Gasteiger partial charge in [0.05, 0.1) is 13.0 Å². The van der Waals surface area contributed by atoms with Crippen LogP contribution in [0.25, 0.3) is 0 Å². The molecule has 0 bridgehead atoms. The number of rotatable bonds is 7. The minimum Gasteiger partial charge on any atom is -0.492 e. The number of amides is 1. The Hall–Kier alpha value is -3.60. The molecule has 11 heteroatoms. The van der Waals surface area contributed by atoms with Crippen molar-refractivity contribution in [2.75, 3.05) is 38.2 Å². The Balaban J connectivity index is 1.25. The van der Waals surface area contributed by atoms with E-state index in [0.29, 0.717) is 36.9 Å². The fourth-order valence-electron chi connectivity index (χ4n) is 4.39. The van der Waals surface area contributed by atoms with Gasteiger partial charge in [-0.1, -0.05) is 24.3 Å². The van der Waals surface area contributed by atoms with E-state index in [-0.39, 0.29) is 30.9 Å². The van der Waals surface area contributed by atoms with Crippen molar-refractivity contribution in [3.05, 3.63) is 54.1 Å². The summed E-state index contributed by atoms with van der Waals surface area (Å²) in [6, 6.07) is 14.6. The Kier molecular flexibility index (Phi) is 7.48. The number of fused-ring (bicyclic) bond motifs is 2. The van der Waals surface area contributed by atoms with E-state index in [1.165, 1.54) is 0 Å². The number of carbonyl (C=O) groups excluding carboxylic acids is 3. The molecule has 2 aliphatic rings. The molecule has 0 saturated carbocycles. The summed E-state index contributed by atoms with van der Waals surface area (Å²) < 4.78 is 52.0. The Morgan fingerprint density at radius 2 is 1.78 bits per heavy atom. The van der Waals surface area contributed by atoms with E-state index in [9.17, 15) is 27.6 Å². The molecular weight excluding hydrogens is 481 g/mol. The predicted octanol–water partition coefficient (Wildman–Crippen LogP) is 3.45. The van der Waals surface area contributed by atoms with Crippen LogP contribution in [0.15, 0.2) is 48.5 Å². The van der Waals surface area contributed by atoms with Crippen LogP contribution in [0.2, 0.25) is 0 Å². The second kappa shape index (κ2) is 10.6.